The van der Waals surface area contributed by atoms with Gasteiger partial charge in [-0.05, 0) is 43.7 Å². The number of rotatable bonds is 5. The lowest BCUT2D eigenvalue weighted by atomic mass is 9.92. The van der Waals surface area contributed by atoms with Crippen LogP contribution in [0.25, 0.3) is 0 Å². The van der Waals surface area contributed by atoms with E-state index < -0.39 is 0 Å². The van der Waals surface area contributed by atoms with Crippen molar-refractivity contribution in [3.05, 3.63) is 53.3 Å². The number of phenolic OH excluding ortho intramolecular Hbond substituents is 2. The van der Waals surface area contributed by atoms with Gasteiger partial charge in [-0.2, -0.15) is 0 Å². The molecule has 0 aliphatic carbocycles. The van der Waals surface area contributed by atoms with E-state index in [9.17, 15) is 14.6 Å². The zero-order valence-electron chi connectivity index (χ0n) is 13.7. The second-order valence-electron chi connectivity index (χ2n) is 6.33. The lowest BCUT2D eigenvalue weighted by molar-refractivity contribution is 0.222. The van der Waals surface area contributed by atoms with Gasteiger partial charge in [-0.15, -0.1) is 0 Å². The maximum Gasteiger partial charge on any atom is 0.200 e. The minimum absolute atomic E-state index is 0.158. The van der Waals surface area contributed by atoms with Gasteiger partial charge < -0.3 is 19.8 Å². The fourth-order valence-electron chi connectivity index (χ4n) is 3.18. The molecule has 0 aromatic heterocycles. The molecular formula is C19H22FNO3. The summed E-state index contributed by atoms with van der Waals surface area (Å²) < 4.78 is 18.7. The molecule has 0 saturated carbocycles. The van der Waals surface area contributed by atoms with Crippen LogP contribution in [0.2, 0.25) is 0 Å². The van der Waals surface area contributed by atoms with Gasteiger partial charge in [0, 0.05) is 24.6 Å². The van der Waals surface area contributed by atoms with Crippen LogP contribution in [-0.2, 0) is 6.42 Å². The molecule has 0 bridgehead atoms. The molecule has 0 saturated heterocycles. The first kappa shape index (κ1) is 16.6. The Labute approximate surface area is 141 Å². The Kier molecular flexibility index (Phi) is 4.90. The van der Waals surface area contributed by atoms with Crippen molar-refractivity contribution in [3.63, 3.8) is 0 Å². The van der Waals surface area contributed by atoms with E-state index in [0.717, 1.165) is 37.1 Å². The topological polar surface area (TPSA) is 52.9 Å². The van der Waals surface area contributed by atoms with Crippen LogP contribution < -0.4 is 4.74 Å². The smallest absolute Gasteiger partial charge is 0.200 e. The predicted molar refractivity (Wildman–Crippen MR) is 90.2 cm³/mol. The van der Waals surface area contributed by atoms with Gasteiger partial charge in [0.05, 0.1) is 6.61 Å². The van der Waals surface area contributed by atoms with Crippen LogP contribution >= 0.6 is 0 Å². The first-order valence-electron chi connectivity index (χ1n) is 8.15. The van der Waals surface area contributed by atoms with E-state index in [1.807, 2.05) is 19.2 Å². The summed E-state index contributed by atoms with van der Waals surface area (Å²) in [5.74, 6) is 0.0832. The highest BCUT2D eigenvalue weighted by molar-refractivity contribution is 5.56. The number of ether oxygens (including phenoxy) is 1. The zero-order chi connectivity index (χ0) is 17.1. The van der Waals surface area contributed by atoms with E-state index in [1.54, 1.807) is 12.1 Å². The normalized spacial score (nSPS) is 16.7. The van der Waals surface area contributed by atoms with Crippen LogP contribution in [-0.4, -0.2) is 41.9 Å². The number of benzene rings is 2. The number of halogens is 1. The fourth-order valence-corrected chi connectivity index (χ4v) is 3.18. The number of phenols is 2. The first-order valence-corrected chi connectivity index (χ1v) is 8.15. The molecule has 128 valence electrons. The molecule has 1 heterocycles. The van der Waals surface area contributed by atoms with E-state index in [-0.39, 0.29) is 23.2 Å². The summed E-state index contributed by atoms with van der Waals surface area (Å²) in [5.41, 5.74) is 1.91. The van der Waals surface area contributed by atoms with Gasteiger partial charge in [-0.1, -0.05) is 18.2 Å². The summed E-state index contributed by atoms with van der Waals surface area (Å²) in [6.45, 7) is 2.16. The highest BCUT2D eigenvalue weighted by Crippen LogP contribution is 2.44. The van der Waals surface area contributed by atoms with Crippen LogP contribution in [0, 0.1) is 5.82 Å². The Morgan fingerprint density at radius 2 is 2.08 bits per heavy atom. The van der Waals surface area contributed by atoms with E-state index in [0.29, 0.717) is 12.4 Å². The van der Waals surface area contributed by atoms with Gasteiger partial charge >= 0.3 is 0 Å². The van der Waals surface area contributed by atoms with Gasteiger partial charge in [0.15, 0.2) is 11.5 Å². The van der Waals surface area contributed by atoms with Crippen molar-refractivity contribution < 1.29 is 19.3 Å². The van der Waals surface area contributed by atoms with Crippen LogP contribution in [0.15, 0.2) is 36.4 Å². The largest absolute Gasteiger partial charge is 0.504 e. The number of hydrogen-bond donors (Lipinski definition) is 2. The molecule has 1 atom stereocenters. The van der Waals surface area contributed by atoms with Crippen molar-refractivity contribution in [2.45, 2.75) is 18.8 Å². The quantitative estimate of drug-likeness (QED) is 0.826. The third-order valence-corrected chi connectivity index (χ3v) is 4.50. The molecule has 1 aliphatic heterocycles. The third kappa shape index (κ3) is 3.62. The average molecular weight is 331 g/mol. The van der Waals surface area contributed by atoms with Crippen molar-refractivity contribution in [3.8, 4) is 17.2 Å². The summed E-state index contributed by atoms with van der Waals surface area (Å²) in [5, 5.41) is 19.6. The van der Waals surface area contributed by atoms with Gasteiger partial charge in [0.25, 0.3) is 0 Å². The SMILES string of the molecule is CN(CCc1cccc(F)c1)CC1CCOc2c1ccc(O)c2O. The lowest BCUT2D eigenvalue weighted by Gasteiger charge is -2.30. The highest BCUT2D eigenvalue weighted by Gasteiger charge is 2.26. The predicted octanol–water partition coefficient (Wildman–Crippen LogP) is 3.28. The highest BCUT2D eigenvalue weighted by atomic mass is 19.1. The molecule has 0 spiro atoms. The van der Waals surface area contributed by atoms with Gasteiger partial charge in [0.1, 0.15) is 5.82 Å². The second-order valence-corrected chi connectivity index (χ2v) is 6.33. The summed E-state index contributed by atoms with van der Waals surface area (Å²) in [6.07, 6.45) is 1.65. The molecule has 24 heavy (non-hydrogen) atoms. The summed E-state index contributed by atoms with van der Waals surface area (Å²) in [4.78, 5) is 2.20. The van der Waals surface area contributed by atoms with E-state index in [2.05, 4.69) is 4.90 Å². The number of fused-ring (bicyclic) bond motifs is 1. The van der Waals surface area contributed by atoms with Crippen molar-refractivity contribution in [1.82, 2.24) is 4.90 Å². The van der Waals surface area contributed by atoms with Crippen molar-refractivity contribution in [2.24, 2.45) is 0 Å². The molecule has 4 nitrogen and oxygen atoms in total. The van der Waals surface area contributed by atoms with Crippen LogP contribution in [0.4, 0.5) is 4.39 Å². The number of aromatic hydroxyl groups is 2. The standard InChI is InChI=1S/C19H22FNO3/c1-21(9-7-13-3-2-4-15(20)11-13)12-14-8-10-24-19-16(14)5-6-17(22)18(19)23/h2-6,11,14,22-23H,7-10,12H2,1H3. The Morgan fingerprint density at radius 3 is 2.88 bits per heavy atom. The van der Waals surface area contributed by atoms with Crippen LogP contribution in [0.3, 0.4) is 0 Å². The minimum Gasteiger partial charge on any atom is -0.504 e. The number of hydrogen-bond acceptors (Lipinski definition) is 4. The molecule has 2 aromatic rings. The summed E-state index contributed by atoms with van der Waals surface area (Å²) in [7, 11) is 2.04. The Bertz CT molecular complexity index is 720. The van der Waals surface area contributed by atoms with Gasteiger partial charge in [0.2, 0.25) is 5.75 Å². The van der Waals surface area contributed by atoms with Gasteiger partial charge in [-0.3, -0.25) is 0 Å². The van der Waals surface area contributed by atoms with Gasteiger partial charge in [-0.25, -0.2) is 4.39 Å². The van der Waals surface area contributed by atoms with Crippen LogP contribution in [0.1, 0.15) is 23.5 Å². The Morgan fingerprint density at radius 1 is 1.25 bits per heavy atom. The molecule has 1 unspecified atom stereocenters. The molecular weight excluding hydrogens is 309 g/mol. The molecule has 0 amide bonds. The monoisotopic (exact) mass is 331 g/mol. The fraction of sp³-hybridized carbons (Fsp3) is 0.368. The zero-order valence-corrected chi connectivity index (χ0v) is 13.7. The number of nitrogens with zero attached hydrogens (tertiary/aromatic N) is 1. The third-order valence-electron chi connectivity index (χ3n) is 4.50. The molecule has 1 aliphatic rings. The minimum atomic E-state index is -0.205. The molecule has 2 aromatic carbocycles. The Hall–Kier alpha value is -2.27. The lowest BCUT2D eigenvalue weighted by Crippen LogP contribution is -2.29. The van der Waals surface area contributed by atoms with Crippen molar-refractivity contribution in [1.29, 1.82) is 0 Å². The molecule has 5 heteroatoms. The summed E-state index contributed by atoms with van der Waals surface area (Å²) in [6, 6.07) is 10.00. The van der Waals surface area contributed by atoms with Crippen LogP contribution in [0.5, 0.6) is 17.2 Å². The number of likely N-dealkylation sites (N-methyl/N-ethyl adjacent to an activating group) is 1. The van der Waals surface area contributed by atoms with Crippen molar-refractivity contribution in [2.75, 3.05) is 26.7 Å². The molecule has 3 rings (SSSR count). The second kappa shape index (κ2) is 7.09. The van der Waals surface area contributed by atoms with Crippen molar-refractivity contribution >= 4 is 0 Å². The maximum absolute atomic E-state index is 13.2. The first-order chi connectivity index (χ1) is 11.5. The molecule has 0 fully saturated rings. The average Bonchev–Trinajstić information content (AvgIpc) is 2.57. The summed E-state index contributed by atoms with van der Waals surface area (Å²) >= 11 is 0. The molecule has 2 N–H and O–H groups in total. The van der Waals surface area contributed by atoms with E-state index in [1.165, 1.54) is 12.1 Å². The Balaban J connectivity index is 1.63. The van der Waals surface area contributed by atoms with E-state index >= 15 is 0 Å². The van der Waals surface area contributed by atoms with E-state index in [4.69, 9.17) is 4.74 Å². The molecule has 0 radical (unpaired) electrons. The maximum atomic E-state index is 13.2.